The van der Waals surface area contributed by atoms with Crippen LogP contribution >= 0.6 is 0 Å². The van der Waals surface area contributed by atoms with Gasteiger partial charge in [-0.15, -0.1) is 0 Å². The first-order chi connectivity index (χ1) is 10.4. The Morgan fingerprint density at radius 1 is 1.18 bits per heavy atom. The zero-order chi connectivity index (χ0) is 15.8. The van der Waals surface area contributed by atoms with Gasteiger partial charge in [0.15, 0.2) is 5.79 Å². The normalized spacial score (nSPS) is 23.9. The van der Waals surface area contributed by atoms with Crippen molar-refractivity contribution >= 4 is 5.91 Å². The van der Waals surface area contributed by atoms with E-state index in [2.05, 4.69) is 6.92 Å². The Balaban J connectivity index is 1.61. The number of rotatable bonds is 3. The van der Waals surface area contributed by atoms with Crippen molar-refractivity contribution in [3.05, 3.63) is 35.9 Å². The van der Waals surface area contributed by atoms with E-state index >= 15 is 0 Å². The smallest absolute Gasteiger partial charge is 0.230 e. The van der Waals surface area contributed by atoms with Crippen LogP contribution in [0.5, 0.6) is 0 Å². The second kappa shape index (κ2) is 5.67. The Morgan fingerprint density at radius 3 is 2.32 bits per heavy atom. The summed E-state index contributed by atoms with van der Waals surface area (Å²) in [5.74, 6) is -0.310. The van der Waals surface area contributed by atoms with Crippen LogP contribution in [0.1, 0.15) is 38.7 Å². The molecule has 2 aliphatic rings. The highest BCUT2D eigenvalue weighted by Crippen LogP contribution is 2.39. The molecule has 0 radical (unpaired) electrons. The Bertz CT molecular complexity index is 523. The molecule has 2 heterocycles. The lowest BCUT2D eigenvalue weighted by atomic mass is 9.79. The average Bonchev–Trinajstić information content (AvgIpc) is 2.47. The van der Waals surface area contributed by atoms with Gasteiger partial charge in [-0.25, -0.2) is 0 Å². The minimum atomic E-state index is -0.494. The summed E-state index contributed by atoms with van der Waals surface area (Å²) in [5.41, 5.74) is 1.10. The highest BCUT2D eigenvalue weighted by atomic mass is 16.7. The van der Waals surface area contributed by atoms with Gasteiger partial charge in [0.1, 0.15) is 0 Å². The maximum Gasteiger partial charge on any atom is 0.230 e. The summed E-state index contributed by atoms with van der Waals surface area (Å²) < 4.78 is 11.5. The molecule has 1 atom stereocenters. The molecule has 22 heavy (non-hydrogen) atoms. The van der Waals surface area contributed by atoms with E-state index in [1.807, 2.05) is 49.1 Å². The van der Waals surface area contributed by atoms with Crippen molar-refractivity contribution in [2.45, 2.75) is 38.9 Å². The van der Waals surface area contributed by atoms with Gasteiger partial charge in [-0.05, 0) is 25.8 Å². The Hall–Kier alpha value is -1.39. The molecule has 120 valence electrons. The second-order valence-electron chi connectivity index (χ2n) is 7.04. The average molecular weight is 303 g/mol. The molecule has 1 amide bonds. The SMILES string of the molecule is CC[C@@H](C(=O)N1CC2(COC(C)(C)OC2)C1)c1ccccc1. The molecule has 0 saturated carbocycles. The first-order valence-corrected chi connectivity index (χ1v) is 8.06. The molecule has 0 unspecified atom stereocenters. The van der Waals surface area contributed by atoms with Crippen molar-refractivity contribution in [3.63, 3.8) is 0 Å². The van der Waals surface area contributed by atoms with Crippen LogP contribution in [-0.4, -0.2) is 42.9 Å². The number of nitrogens with zero attached hydrogens (tertiary/aromatic N) is 1. The van der Waals surface area contributed by atoms with Crippen LogP contribution in [0.2, 0.25) is 0 Å². The standard InChI is InChI=1S/C18H25NO3/c1-4-15(14-8-6-5-7-9-14)16(20)19-10-18(11-19)12-21-17(2,3)22-13-18/h5-9,15H,4,10-13H2,1-3H3/t15-/m1/s1. The number of amides is 1. The number of carbonyl (C=O) groups is 1. The molecule has 1 aromatic carbocycles. The molecule has 2 fully saturated rings. The van der Waals surface area contributed by atoms with Crippen LogP contribution < -0.4 is 0 Å². The zero-order valence-electron chi connectivity index (χ0n) is 13.7. The summed E-state index contributed by atoms with van der Waals surface area (Å²) in [7, 11) is 0. The minimum Gasteiger partial charge on any atom is -0.350 e. The molecule has 0 aromatic heterocycles. The van der Waals surface area contributed by atoms with Crippen LogP contribution in [-0.2, 0) is 14.3 Å². The van der Waals surface area contributed by atoms with Gasteiger partial charge in [-0.3, -0.25) is 4.79 Å². The summed E-state index contributed by atoms with van der Waals surface area (Å²) in [4.78, 5) is 14.7. The maximum absolute atomic E-state index is 12.8. The summed E-state index contributed by atoms with van der Waals surface area (Å²) in [6, 6.07) is 10.0. The van der Waals surface area contributed by atoms with E-state index in [-0.39, 0.29) is 17.2 Å². The largest absolute Gasteiger partial charge is 0.350 e. The fourth-order valence-electron chi connectivity index (χ4n) is 3.30. The van der Waals surface area contributed by atoms with Gasteiger partial charge in [0, 0.05) is 13.1 Å². The van der Waals surface area contributed by atoms with Gasteiger partial charge in [-0.1, -0.05) is 37.3 Å². The first kappa shape index (κ1) is 15.5. The Kier molecular flexibility index (Phi) is 4.00. The predicted octanol–water partition coefficient (Wildman–Crippen LogP) is 2.79. The van der Waals surface area contributed by atoms with Gasteiger partial charge < -0.3 is 14.4 Å². The molecule has 4 heteroatoms. The van der Waals surface area contributed by atoms with Crippen LogP contribution in [0.3, 0.4) is 0 Å². The summed E-state index contributed by atoms with van der Waals surface area (Å²) in [5, 5.41) is 0. The van der Waals surface area contributed by atoms with Crippen molar-refractivity contribution in [1.29, 1.82) is 0 Å². The monoisotopic (exact) mass is 303 g/mol. The molecule has 1 spiro atoms. The summed E-state index contributed by atoms with van der Waals surface area (Å²) >= 11 is 0. The molecule has 2 saturated heterocycles. The third-order valence-electron chi connectivity index (χ3n) is 4.72. The molecule has 4 nitrogen and oxygen atoms in total. The Labute approximate surface area is 132 Å². The number of hydrogen-bond donors (Lipinski definition) is 0. The highest BCUT2D eigenvalue weighted by Gasteiger charge is 2.50. The van der Waals surface area contributed by atoms with E-state index in [9.17, 15) is 4.79 Å². The van der Waals surface area contributed by atoms with Crippen LogP contribution in [0.25, 0.3) is 0 Å². The van der Waals surface area contributed by atoms with E-state index in [0.29, 0.717) is 13.2 Å². The molecule has 0 N–H and O–H groups in total. The third kappa shape index (κ3) is 2.90. The van der Waals surface area contributed by atoms with Crippen molar-refractivity contribution in [3.8, 4) is 0 Å². The number of benzene rings is 1. The molecule has 0 aliphatic carbocycles. The first-order valence-electron chi connectivity index (χ1n) is 8.06. The fraction of sp³-hybridized carbons (Fsp3) is 0.611. The number of ether oxygens (including phenoxy) is 2. The van der Waals surface area contributed by atoms with Crippen LogP contribution in [0.4, 0.5) is 0 Å². The molecule has 3 rings (SSSR count). The lowest BCUT2D eigenvalue weighted by Gasteiger charge is -2.54. The van der Waals surface area contributed by atoms with E-state index in [4.69, 9.17) is 9.47 Å². The predicted molar refractivity (Wildman–Crippen MR) is 84.5 cm³/mol. The number of hydrogen-bond acceptors (Lipinski definition) is 3. The van der Waals surface area contributed by atoms with Gasteiger partial charge in [0.05, 0.1) is 24.5 Å². The van der Waals surface area contributed by atoms with E-state index in [0.717, 1.165) is 25.1 Å². The lowest BCUT2D eigenvalue weighted by Crippen LogP contribution is -2.66. The van der Waals surface area contributed by atoms with Crippen LogP contribution in [0.15, 0.2) is 30.3 Å². The maximum atomic E-state index is 12.8. The third-order valence-corrected chi connectivity index (χ3v) is 4.72. The highest BCUT2D eigenvalue weighted by molar-refractivity contribution is 5.84. The molecular formula is C18H25NO3. The molecular weight excluding hydrogens is 278 g/mol. The van der Waals surface area contributed by atoms with Crippen molar-refractivity contribution in [2.75, 3.05) is 26.3 Å². The van der Waals surface area contributed by atoms with Crippen molar-refractivity contribution in [2.24, 2.45) is 5.41 Å². The van der Waals surface area contributed by atoms with Crippen LogP contribution in [0, 0.1) is 5.41 Å². The second-order valence-corrected chi connectivity index (χ2v) is 7.04. The molecule has 0 bridgehead atoms. The van der Waals surface area contributed by atoms with E-state index in [1.54, 1.807) is 0 Å². The molecule has 1 aromatic rings. The summed E-state index contributed by atoms with van der Waals surface area (Å²) in [6.07, 6.45) is 0.826. The summed E-state index contributed by atoms with van der Waals surface area (Å²) in [6.45, 7) is 8.77. The van der Waals surface area contributed by atoms with E-state index in [1.165, 1.54) is 0 Å². The Morgan fingerprint density at radius 2 is 1.77 bits per heavy atom. The number of likely N-dealkylation sites (tertiary alicyclic amines) is 1. The topological polar surface area (TPSA) is 38.8 Å². The fourth-order valence-corrected chi connectivity index (χ4v) is 3.30. The van der Waals surface area contributed by atoms with Gasteiger partial charge in [-0.2, -0.15) is 0 Å². The molecule has 2 aliphatic heterocycles. The zero-order valence-corrected chi connectivity index (χ0v) is 13.7. The van der Waals surface area contributed by atoms with E-state index < -0.39 is 5.79 Å². The minimum absolute atomic E-state index is 0.000158. The van der Waals surface area contributed by atoms with Gasteiger partial charge in [0.25, 0.3) is 0 Å². The lowest BCUT2D eigenvalue weighted by molar-refractivity contribution is -0.303. The number of carbonyl (C=O) groups excluding carboxylic acids is 1. The van der Waals surface area contributed by atoms with Gasteiger partial charge in [0.2, 0.25) is 5.91 Å². The van der Waals surface area contributed by atoms with Crippen molar-refractivity contribution < 1.29 is 14.3 Å². The van der Waals surface area contributed by atoms with Crippen molar-refractivity contribution in [1.82, 2.24) is 4.90 Å². The van der Waals surface area contributed by atoms with Gasteiger partial charge >= 0.3 is 0 Å². The quantitative estimate of drug-likeness (QED) is 0.862.